The molecule has 4 aromatic rings. The molecule has 2 aromatic carbocycles. The maximum atomic E-state index is 13.4. The summed E-state index contributed by atoms with van der Waals surface area (Å²) in [6.07, 6.45) is -4.75. The maximum absolute atomic E-state index is 13.4. The zero-order valence-corrected chi connectivity index (χ0v) is 21.6. The smallest absolute Gasteiger partial charge is 0.321 e. The van der Waals surface area contributed by atoms with Gasteiger partial charge in [0.2, 0.25) is 0 Å². The van der Waals surface area contributed by atoms with E-state index in [0.717, 1.165) is 59.1 Å². The number of carbonyl (C=O) groups excluding carboxylic acids is 1. The van der Waals surface area contributed by atoms with Gasteiger partial charge in [-0.1, -0.05) is 24.3 Å². The molecule has 0 saturated heterocycles. The average molecular weight is 588 g/mol. The average Bonchev–Trinajstić information content (AvgIpc) is 3.53. The minimum atomic E-state index is -4.75. The SMILES string of the molecule is O=C(Nc1ccccc1C(F)(F)F)c1cc(NS(=O)(=O)c2cccs2)cc(NS(=O)(=O)c2cccs2)c1. The molecule has 2 heterocycles. The van der Waals surface area contributed by atoms with E-state index in [1.807, 2.05) is 0 Å². The highest BCUT2D eigenvalue weighted by molar-refractivity contribution is 7.95. The molecule has 0 aliphatic rings. The van der Waals surface area contributed by atoms with Crippen molar-refractivity contribution in [2.24, 2.45) is 0 Å². The summed E-state index contributed by atoms with van der Waals surface area (Å²) in [7, 11) is -8.18. The molecule has 0 unspecified atom stereocenters. The third-order valence-corrected chi connectivity index (χ3v) is 10.3. The Labute approximate surface area is 217 Å². The van der Waals surface area contributed by atoms with Gasteiger partial charge in [-0.3, -0.25) is 14.2 Å². The molecular weight excluding hydrogens is 572 g/mol. The number of rotatable bonds is 8. The fourth-order valence-electron chi connectivity index (χ4n) is 3.15. The maximum Gasteiger partial charge on any atom is 0.418 e. The Morgan fingerprint density at radius 3 is 1.70 bits per heavy atom. The number of alkyl halides is 3. The molecule has 15 heteroatoms. The van der Waals surface area contributed by atoms with Gasteiger partial charge in [-0.25, -0.2) is 16.8 Å². The van der Waals surface area contributed by atoms with Crippen LogP contribution in [0.1, 0.15) is 15.9 Å². The molecule has 0 bridgehead atoms. The van der Waals surface area contributed by atoms with Crippen molar-refractivity contribution < 1.29 is 34.8 Å². The summed E-state index contributed by atoms with van der Waals surface area (Å²) in [4.78, 5) is 13.0. The van der Waals surface area contributed by atoms with Crippen LogP contribution in [0.2, 0.25) is 0 Å². The molecule has 194 valence electrons. The van der Waals surface area contributed by atoms with Crippen LogP contribution in [0.15, 0.2) is 85.9 Å². The molecule has 0 atom stereocenters. The summed E-state index contributed by atoms with van der Waals surface area (Å²) in [5, 5.41) is 5.24. The van der Waals surface area contributed by atoms with Gasteiger partial charge in [0.25, 0.3) is 26.0 Å². The molecule has 8 nitrogen and oxygen atoms in total. The van der Waals surface area contributed by atoms with E-state index in [-0.39, 0.29) is 25.4 Å². The second kappa shape index (κ2) is 10.2. The molecular formula is C22H16F3N3O5S4. The molecule has 3 N–H and O–H groups in total. The summed E-state index contributed by atoms with van der Waals surface area (Å²) in [5.41, 5.74) is -2.28. The number of hydrogen-bond donors (Lipinski definition) is 3. The van der Waals surface area contributed by atoms with Gasteiger partial charge >= 0.3 is 6.18 Å². The monoisotopic (exact) mass is 587 g/mol. The van der Waals surface area contributed by atoms with Crippen molar-refractivity contribution >= 4 is 65.7 Å². The molecule has 4 rings (SSSR count). The molecule has 1 amide bonds. The van der Waals surface area contributed by atoms with Gasteiger partial charge in [-0.2, -0.15) is 13.2 Å². The molecule has 0 aliphatic heterocycles. The molecule has 37 heavy (non-hydrogen) atoms. The molecule has 0 fully saturated rings. The van der Waals surface area contributed by atoms with Crippen LogP contribution in [0.4, 0.5) is 30.2 Å². The fourth-order valence-corrected chi connectivity index (χ4v) is 7.22. The van der Waals surface area contributed by atoms with E-state index in [1.165, 1.54) is 41.1 Å². The van der Waals surface area contributed by atoms with Crippen molar-refractivity contribution in [3.05, 3.63) is 88.6 Å². The van der Waals surface area contributed by atoms with Crippen molar-refractivity contribution in [2.75, 3.05) is 14.8 Å². The molecule has 2 aromatic heterocycles. The predicted molar refractivity (Wildman–Crippen MR) is 136 cm³/mol. The highest BCUT2D eigenvalue weighted by Gasteiger charge is 2.33. The molecule has 0 spiro atoms. The second-order valence-electron chi connectivity index (χ2n) is 7.37. The molecule has 0 saturated carbocycles. The Bertz CT molecular complexity index is 1550. The third-order valence-electron chi connectivity index (χ3n) is 4.70. The first-order chi connectivity index (χ1) is 17.3. The third kappa shape index (κ3) is 6.30. The Morgan fingerprint density at radius 2 is 1.24 bits per heavy atom. The van der Waals surface area contributed by atoms with E-state index in [1.54, 1.807) is 0 Å². The topological polar surface area (TPSA) is 121 Å². The number of halogens is 3. The quantitative estimate of drug-likeness (QED) is 0.245. The lowest BCUT2D eigenvalue weighted by Gasteiger charge is -2.15. The summed E-state index contributed by atoms with van der Waals surface area (Å²) in [6, 6.07) is 13.4. The summed E-state index contributed by atoms with van der Waals surface area (Å²) in [6.45, 7) is 0. The van der Waals surface area contributed by atoms with E-state index >= 15 is 0 Å². The number of hydrogen-bond acceptors (Lipinski definition) is 7. The highest BCUT2D eigenvalue weighted by atomic mass is 32.3. The van der Waals surface area contributed by atoms with Crippen LogP contribution in [-0.2, 0) is 26.2 Å². The van der Waals surface area contributed by atoms with Crippen molar-refractivity contribution in [1.29, 1.82) is 0 Å². The van der Waals surface area contributed by atoms with Crippen molar-refractivity contribution in [3.8, 4) is 0 Å². The Hall–Kier alpha value is -3.40. The summed E-state index contributed by atoms with van der Waals surface area (Å²) < 4.78 is 95.4. The minimum absolute atomic E-state index is 0.0397. The largest absolute Gasteiger partial charge is 0.418 e. The van der Waals surface area contributed by atoms with Crippen molar-refractivity contribution in [3.63, 3.8) is 0 Å². The number of nitrogens with one attached hydrogen (secondary N) is 3. The van der Waals surface area contributed by atoms with Crippen molar-refractivity contribution in [1.82, 2.24) is 0 Å². The lowest BCUT2D eigenvalue weighted by Crippen LogP contribution is -2.18. The lowest BCUT2D eigenvalue weighted by atomic mass is 10.1. The van der Waals surface area contributed by atoms with Crippen LogP contribution in [0.5, 0.6) is 0 Å². The zero-order valence-electron chi connectivity index (χ0n) is 18.3. The fraction of sp³-hybridized carbons (Fsp3) is 0.0455. The number of benzene rings is 2. The van der Waals surface area contributed by atoms with Crippen LogP contribution in [0, 0.1) is 0 Å². The van der Waals surface area contributed by atoms with Gasteiger partial charge in [0.1, 0.15) is 8.42 Å². The number of amides is 1. The second-order valence-corrected chi connectivity index (χ2v) is 13.1. The van der Waals surface area contributed by atoms with Crippen LogP contribution < -0.4 is 14.8 Å². The summed E-state index contributed by atoms with van der Waals surface area (Å²) in [5.74, 6) is -1.02. The molecule has 0 aliphatic carbocycles. The van der Waals surface area contributed by atoms with Gasteiger partial charge in [0.05, 0.1) is 22.6 Å². The van der Waals surface area contributed by atoms with Crippen LogP contribution >= 0.6 is 22.7 Å². The Morgan fingerprint density at radius 1 is 0.730 bits per heavy atom. The first-order valence-electron chi connectivity index (χ1n) is 10.1. The highest BCUT2D eigenvalue weighted by Crippen LogP contribution is 2.35. The van der Waals surface area contributed by atoms with Crippen molar-refractivity contribution in [2.45, 2.75) is 14.6 Å². The Kier molecular flexibility index (Phi) is 7.32. The normalized spacial score (nSPS) is 12.2. The first kappa shape index (κ1) is 26.7. The van der Waals surface area contributed by atoms with Crippen LogP contribution in [0.3, 0.4) is 0 Å². The Balaban J connectivity index is 1.73. The van der Waals surface area contributed by atoms with E-state index in [4.69, 9.17) is 0 Å². The van der Waals surface area contributed by atoms with Crippen LogP contribution in [-0.4, -0.2) is 22.7 Å². The number of para-hydroxylation sites is 1. The summed E-state index contributed by atoms with van der Waals surface area (Å²) >= 11 is 1.86. The van der Waals surface area contributed by atoms with Gasteiger partial charge in [-0.15, -0.1) is 22.7 Å². The van der Waals surface area contributed by atoms with Gasteiger partial charge in [0.15, 0.2) is 0 Å². The van der Waals surface area contributed by atoms with Gasteiger partial charge in [-0.05, 0) is 53.2 Å². The van der Waals surface area contributed by atoms with E-state index in [0.29, 0.717) is 0 Å². The number of sulfonamides is 2. The predicted octanol–water partition coefficient (Wildman–Crippen LogP) is 5.68. The van der Waals surface area contributed by atoms with Gasteiger partial charge < -0.3 is 5.32 Å². The molecule has 0 radical (unpaired) electrons. The van der Waals surface area contributed by atoms with Crippen LogP contribution in [0.25, 0.3) is 0 Å². The van der Waals surface area contributed by atoms with E-state index < -0.39 is 43.4 Å². The van der Waals surface area contributed by atoms with Gasteiger partial charge in [0, 0.05) is 5.56 Å². The lowest BCUT2D eigenvalue weighted by molar-refractivity contribution is -0.136. The number of carbonyl (C=O) groups is 1. The zero-order chi connectivity index (χ0) is 26.8. The number of anilines is 3. The standard InChI is InChI=1S/C22H16F3N3O5S4/c23-22(24,25)17-5-1-2-6-18(17)26-21(29)14-11-15(27-36(30,31)19-7-3-9-34-19)13-16(12-14)28-37(32,33)20-8-4-10-35-20/h1-13,27-28H,(H,26,29). The van der Waals surface area contributed by atoms with E-state index in [2.05, 4.69) is 14.8 Å². The first-order valence-corrected chi connectivity index (χ1v) is 14.8. The van der Waals surface area contributed by atoms with E-state index in [9.17, 15) is 34.8 Å². The minimum Gasteiger partial charge on any atom is -0.321 e. The number of thiophene rings is 2.